The Morgan fingerprint density at radius 1 is 1.56 bits per heavy atom. The lowest BCUT2D eigenvalue weighted by Crippen LogP contribution is -1.77. The van der Waals surface area contributed by atoms with Gasteiger partial charge in [-0.25, -0.2) is 0 Å². The largest absolute Gasteiger partial charge is 0.295 e. The Morgan fingerprint density at radius 3 is 2.78 bits per heavy atom. The Morgan fingerprint density at radius 2 is 2.33 bits per heavy atom. The minimum Gasteiger partial charge on any atom is -0.295 e. The summed E-state index contributed by atoms with van der Waals surface area (Å²) in [6.07, 6.45) is 5.44. The predicted octanol–water partition coefficient (Wildman–Crippen LogP) is 2.43. The molecule has 0 unspecified atom stereocenters. The summed E-state index contributed by atoms with van der Waals surface area (Å²) in [5, 5.41) is 10.9. The molecule has 1 rings (SSSR count). The van der Waals surface area contributed by atoms with Crippen molar-refractivity contribution in [2.24, 2.45) is 0 Å². The second-order valence-corrected chi connectivity index (χ2v) is 2.37. The predicted molar refractivity (Wildman–Crippen MR) is 36.4 cm³/mol. The zero-order chi connectivity index (χ0) is 6.69. The molecule has 0 fully saturated rings. The van der Waals surface area contributed by atoms with Crippen molar-refractivity contribution < 1.29 is 5.11 Å². The van der Waals surface area contributed by atoms with Gasteiger partial charge in [-0.2, -0.15) is 0 Å². The van der Waals surface area contributed by atoms with E-state index in [0.29, 0.717) is 5.76 Å². The highest BCUT2D eigenvalue weighted by Crippen LogP contribution is 2.26. The lowest BCUT2D eigenvalue weighted by Gasteiger charge is -1.91. The molecule has 0 heterocycles. The molecule has 0 bridgehead atoms. The molecule has 0 aromatic rings. The fourth-order valence-corrected chi connectivity index (χ4v) is 1.17. The highest BCUT2D eigenvalue weighted by molar-refractivity contribution is 5.15. The number of allylic oxidation sites excluding steroid dienone is 3. The molecule has 9 heavy (non-hydrogen) atoms. The van der Waals surface area contributed by atoms with E-state index in [9.17, 15) is 5.11 Å². The summed E-state index contributed by atoms with van der Waals surface area (Å²) in [6, 6.07) is 0. The van der Waals surface area contributed by atoms with Gasteiger partial charge in [0.15, 0.2) is 5.76 Å². The summed E-state index contributed by atoms with van der Waals surface area (Å²) in [5.41, 5.74) is 1.07. The Labute approximate surface area is 55.7 Å². The third-order valence-corrected chi connectivity index (χ3v) is 1.67. The van der Waals surface area contributed by atoms with Crippen LogP contribution in [0.15, 0.2) is 24.0 Å². The van der Waals surface area contributed by atoms with Gasteiger partial charge in [0, 0.05) is 6.42 Å². The Hall–Kier alpha value is -0.720. The van der Waals surface area contributed by atoms with Crippen LogP contribution in [-0.4, -0.2) is 0 Å². The first kappa shape index (κ1) is 6.40. The van der Waals surface area contributed by atoms with Crippen molar-refractivity contribution in [2.45, 2.75) is 25.7 Å². The van der Waals surface area contributed by atoms with E-state index in [1.807, 2.05) is 0 Å². The van der Waals surface area contributed by atoms with Crippen LogP contribution in [0.3, 0.4) is 0 Å². The van der Waals surface area contributed by atoms with Gasteiger partial charge in [0.05, 0.1) is 0 Å². The van der Waals surface area contributed by atoms with Gasteiger partial charge in [0.2, 0.25) is 0 Å². The molecule has 1 aliphatic rings. The molecule has 0 saturated heterocycles. The smallest absolute Gasteiger partial charge is 0.155 e. The van der Waals surface area contributed by atoms with Gasteiger partial charge in [-0.15, -0.1) is 6.58 Å². The van der Waals surface area contributed by atoms with Crippen LogP contribution in [0.4, 0.5) is 0 Å². The molecule has 49 valence electrons. The van der Waals surface area contributed by atoms with E-state index in [2.05, 4.69) is 6.58 Å². The van der Waals surface area contributed by atoms with Crippen molar-refractivity contribution in [3.05, 3.63) is 24.0 Å². The van der Waals surface area contributed by atoms with E-state index in [0.717, 1.165) is 31.3 Å². The summed E-state index contributed by atoms with van der Waals surface area (Å²) >= 11 is 0. The van der Waals surface area contributed by atoms with Crippen molar-refractivity contribution in [3.8, 4) is 0 Å². The molecule has 0 aromatic heterocycles. The third kappa shape index (κ3) is 1.35. The second kappa shape index (κ2) is 2.72. The lowest BCUT2D eigenvalue weighted by atomic mass is 10.2. The van der Waals surface area contributed by atoms with Crippen LogP contribution in [0.2, 0.25) is 0 Å². The van der Waals surface area contributed by atoms with Crippen molar-refractivity contribution in [1.29, 1.82) is 0 Å². The first-order valence-corrected chi connectivity index (χ1v) is 3.33. The zero-order valence-electron chi connectivity index (χ0n) is 5.52. The topological polar surface area (TPSA) is 19.9 Å². The van der Waals surface area contributed by atoms with E-state index in [-0.39, 0.29) is 0 Å². The summed E-state index contributed by atoms with van der Waals surface area (Å²) in [6.45, 7) is 3.59. The number of hydrogen-bond acceptors (Lipinski definition) is 0. The van der Waals surface area contributed by atoms with Crippen molar-refractivity contribution in [3.63, 3.8) is 0 Å². The van der Waals surface area contributed by atoms with Crippen LogP contribution >= 0.6 is 0 Å². The highest BCUT2D eigenvalue weighted by atomic mass is 16.3. The number of rotatable bonds is 2. The van der Waals surface area contributed by atoms with Crippen LogP contribution in [0.25, 0.3) is 0 Å². The standard InChI is InChI=1S/C8H11O/c1-2-4-7-5-3-6-8(7)9/h2H,1,3-6H2. The van der Waals surface area contributed by atoms with Crippen LogP contribution in [0.5, 0.6) is 0 Å². The molecule has 0 aromatic carbocycles. The minimum absolute atomic E-state index is 0.356. The first-order chi connectivity index (χ1) is 4.34. The summed E-state index contributed by atoms with van der Waals surface area (Å²) in [4.78, 5) is 0. The van der Waals surface area contributed by atoms with Crippen LogP contribution in [0, 0.1) is 0 Å². The van der Waals surface area contributed by atoms with Crippen LogP contribution < -0.4 is 0 Å². The lowest BCUT2D eigenvalue weighted by molar-refractivity contribution is 0.284. The summed E-state index contributed by atoms with van der Waals surface area (Å²) in [5.74, 6) is 0.356. The Bertz CT molecular complexity index is 145. The maximum atomic E-state index is 10.9. The normalized spacial score (nSPS) is 18.7. The average molecular weight is 123 g/mol. The van der Waals surface area contributed by atoms with Crippen LogP contribution in [0.1, 0.15) is 25.7 Å². The zero-order valence-corrected chi connectivity index (χ0v) is 5.52. The molecule has 1 radical (unpaired) electrons. The van der Waals surface area contributed by atoms with Gasteiger partial charge in [0.25, 0.3) is 0 Å². The number of hydrogen-bond donors (Lipinski definition) is 0. The van der Waals surface area contributed by atoms with Gasteiger partial charge in [0.1, 0.15) is 0 Å². The monoisotopic (exact) mass is 123 g/mol. The summed E-state index contributed by atoms with van der Waals surface area (Å²) < 4.78 is 0. The maximum Gasteiger partial charge on any atom is 0.155 e. The second-order valence-electron chi connectivity index (χ2n) is 2.37. The van der Waals surface area contributed by atoms with Gasteiger partial charge in [-0.3, -0.25) is 5.11 Å². The van der Waals surface area contributed by atoms with Crippen LogP contribution in [-0.2, 0) is 5.11 Å². The average Bonchev–Trinajstić information content (AvgIpc) is 2.18. The SMILES string of the molecule is C=CCC1=C([O])CCC1. The van der Waals surface area contributed by atoms with E-state index in [4.69, 9.17) is 0 Å². The van der Waals surface area contributed by atoms with E-state index in [1.165, 1.54) is 0 Å². The fourth-order valence-electron chi connectivity index (χ4n) is 1.17. The molecular weight excluding hydrogens is 112 g/mol. The molecule has 1 aliphatic carbocycles. The first-order valence-electron chi connectivity index (χ1n) is 3.33. The Kier molecular flexibility index (Phi) is 1.93. The molecule has 0 N–H and O–H groups in total. The molecular formula is C8H11O. The van der Waals surface area contributed by atoms with E-state index >= 15 is 0 Å². The van der Waals surface area contributed by atoms with Gasteiger partial charge in [-0.05, 0) is 24.8 Å². The van der Waals surface area contributed by atoms with E-state index < -0.39 is 0 Å². The van der Waals surface area contributed by atoms with Crippen molar-refractivity contribution in [1.82, 2.24) is 0 Å². The molecule has 0 spiro atoms. The highest BCUT2D eigenvalue weighted by Gasteiger charge is 2.12. The third-order valence-electron chi connectivity index (χ3n) is 1.67. The molecule has 0 amide bonds. The quantitative estimate of drug-likeness (QED) is 0.502. The molecule has 0 aliphatic heterocycles. The van der Waals surface area contributed by atoms with E-state index in [1.54, 1.807) is 6.08 Å². The molecule has 1 heteroatoms. The van der Waals surface area contributed by atoms with Crippen molar-refractivity contribution in [2.75, 3.05) is 0 Å². The van der Waals surface area contributed by atoms with Crippen molar-refractivity contribution >= 4 is 0 Å². The van der Waals surface area contributed by atoms with Gasteiger partial charge in [-0.1, -0.05) is 6.08 Å². The fraction of sp³-hybridized carbons (Fsp3) is 0.500. The molecule has 0 atom stereocenters. The minimum atomic E-state index is 0.356. The van der Waals surface area contributed by atoms with Gasteiger partial charge < -0.3 is 0 Å². The molecule has 0 saturated carbocycles. The van der Waals surface area contributed by atoms with Gasteiger partial charge >= 0.3 is 0 Å². The Balaban J connectivity index is 2.54. The summed E-state index contributed by atoms with van der Waals surface area (Å²) in [7, 11) is 0. The maximum absolute atomic E-state index is 10.9. The molecule has 1 nitrogen and oxygen atoms in total.